The SMILES string of the molecule is CCOCCOc1ccccc1NC(=O)CCCC(=O)O. The Morgan fingerprint density at radius 3 is 2.67 bits per heavy atom. The average Bonchev–Trinajstić information content (AvgIpc) is 2.45. The number of rotatable bonds is 10. The predicted molar refractivity (Wildman–Crippen MR) is 78.5 cm³/mol. The van der Waals surface area contributed by atoms with Crippen molar-refractivity contribution in [3.63, 3.8) is 0 Å². The van der Waals surface area contributed by atoms with E-state index in [1.807, 2.05) is 13.0 Å². The molecule has 0 fully saturated rings. The zero-order valence-electron chi connectivity index (χ0n) is 12.1. The Bertz CT molecular complexity index is 461. The van der Waals surface area contributed by atoms with Gasteiger partial charge in [-0.1, -0.05) is 12.1 Å². The predicted octanol–water partition coefficient (Wildman–Crippen LogP) is 2.30. The smallest absolute Gasteiger partial charge is 0.303 e. The molecule has 6 nitrogen and oxygen atoms in total. The van der Waals surface area contributed by atoms with E-state index < -0.39 is 5.97 Å². The Kier molecular flexibility index (Phi) is 7.89. The van der Waals surface area contributed by atoms with Crippen molar-refractivity contribution in [3.05, 3.63) is 24.3 Å². The number of hydrogen-bond donors (Lipinski definition) is 2. The van der Waals surface area contributed by atoms with Crippen molar-refractivity contribution >= 4 is 17.6 Å². The lowest BCUT2D eigenvalue weighted by Gasteiger charge is -2.12. The minimum atomic E-state index is -0.901. The summed E-state index contributed by atoms with van der Waals surface area (Å²) < 4.78 is 10.7. The number of amides is 1. The molecule has 0 atom stereocenters. The van der Waals surface area contributed by atoms with Crippen LogP contribution in [0.4, 0.5) is 5.69 Å². The Morgan fingerprint density at radius 2 is 1.95 bits per heavy atom. The second kappa shape index (κ2) is 9.77. The molecule has 0 saturated heterocycles. The van der Waals surface area contributed by atoms with Crippen molar-refractivity contribution in [2.75, 3.05) is 25.1 Å². The Hall–Kier alpha value is -2.08. The molecule has 0 aliphatic heterocycles. The molecule has 0 radical (unpaired) electrons. The van der Waals surface area contributed by atoms with Crippen LogP contribution in [0.1, 0.15) is 26.2 Å². The zero-order valence-corrected chi connectivity index (χ0v) is 12.1. The van der Waals surface area contributed by atoms with Gasteiger partial charge in [-0.15, -0.1) is 0 Å². The summed E-state index contributed by atoms with van der Waals surface area (Å²) in [6, 6.07) is 7.11. The molecule has 0 heterocycles. The standard InChI is InChI=1S/C15H21NO5/c1-2-20-10-11-21-13-7-4-3-6-12(13)16-14(17)8-5-9-15(18)19/h3-4,6-7H,2,5,8-11H2,1H3,(H,16,17)(H,18,19). The third-order valence-corrected chi connectivity index (χ3v) is 2.64. The number of benzene rings is 1. The first-order valence-electron chi connectivity index (χ1n) is 6.94. The van der Waals surface area contributed by atoms with Crippen LogP contribution in [0.3, 0.4) is 0 Å². The molecule has 1 amide bonds. The van der Waals surface area contributed by atoms with E-state index >= 15 is 0 Å². The fourth-order valence-corrected chi connectivity index (χ4v) is 1.66. The fourth-order valence-electron chi connectivity index (χ4n) is 1.66. The Labute approximate surface area is 124 Å². The van der Waals surface area contributed by atoms with E-state index in [-0.39, 0.29) is 18.7 Å². The molecule has 0 aromatic heterocycles. The second-order valence-electron chi connectivity index (χ2n) is 4.34. The number of anilines is 1. The summed E-state index contributed by atoms with van der Waals surface area (Å²) in [6.45, 7) is 3.42. The van der Waals surface area contributed by atoms with Gasteiger partial charge in [0, 0.05) is 19.4 Å². The lowest BCUT2D eigenvalue weighted by Crippen LogP contribution is -2.14. The van der Waals surface area contributed by atoms with Crippen molar-refractivity contribution < 1.29 is 24.2 Å². The third kappa shape index (κ3) is 7.31. The summed E-state index contributed by atoms with van der Waals surface area (Å²) in [6.07, 6.45) is 0.466. The Balaban J connectivity index is 2.46. The number of carboxylic acids is 1. The molecule has 0 bridgehead atoms. The van der Waals surface area contributed by atoms with Gasteiger partial charge in [0.25, 0.3) is 0 Å². The highest BCUT2D eigenvalue weighted by atomic mass is 16.5. The van der Waals surface area contributed by atoms with Gasteiger partial charge in [0.1, 0.15) is 12.4 Å². The van der Waals surface area contributed by atoms with Crippen molar-refractivity contribution in [2.45, 2.75) is 26.2 Å². The first-order chi connectivity index (χ1) is 10.1. The molecule has 21 heavy (non-hydrogen) atoms. The van der Waals surface area contributed by atoms with Crippen LogP contribution in [0, 0.1) is 0 Å². The van der Waals surface area contributed by atoms with E-state index in [9.17, 15) is 9.59 Å². The average molecular weight is 295 g/mol. The summed E-state index contributed by atoms with van der Waals surface area (Å²) in [5, 5.41) is 11.3. The van der Waals surface area contributed by atoms with Crippen molar-refractivity contribution in [3.8, 4) is 5.75 Å². The third-order valence-electron chi connectivity index (χ3n) is 2.64. The number of hydrogen-bond acceptors (Lipinski definition) is 4. The summed E-state index contributed by atoms with van der Waals surface area (Å²) in [4.78, 5) is 22.1. The van der Waals surface area contributed by atoms with Gasteiger partial charge in [0.15, 0.2) is 0 Å². The van der Waals surface area contributed by atoms with Crippen molar-refractivity contribution in [2.24, 2.45) is 0 Å². The first-order valence-corrected chi connectivity index (χ1v) is 6.94. The second-order valence-corrected chi connectivity index (χ2v) is 4.34. The van der Waals surface area contributed by atoms with Gasteiger partial charge in [-0.3, -0.25) is 9.59 Å². The number of ether oxygens (including phenoxy) is 2. The summed E-state index contributed by atoms with van der Waals surface area (Å²) >= 11 is 0. The van der Waals surface area contributed by atoms with Crippen LogP contribution in [0.2, 0.25) is 0 Å². The van der Waals surface area contributed by atoms with Crippen LogP contribution in [0.25, 0.3) is 0 Å². The van der Waals surface area contributed by atoms with E-state index in [1.165, 1.54) is 0 Å². The van der Waals surface area contributed by atoms with Gasteiger partial charge in [-0.25, -0.2) is 0 Å². The minimum absolute atomic E-state index is 0.0140. The first kappa shape index (κ1) is 17.0. The monoisotopic (exact) mass is 295 g/mol. The van der Waals surface area contributed by atoms with Gasteiger partial charge >= 0.3 is 5.97 Å². The maximum Gasteiger partial charge on any atom is 0.303 e. The lowest BCUT2D eigenvalue weighted by molar-refractivity contribution is -0.137. The molecule has 0 saturated carbocycles. The molecule has 1 rings (SSSR count). The molecular weight excluding hydrogens is 274 g/mol. The largest absolute Gasteiger partial charge is 0.489 e. The lowest BCUT2D eigenvalue weighted by atomic mass is 10.2. The van der Waals surface area contributed by atoms with E-state index in [0.717, 1.165) is 0 Å². The molecule has 0 unspecified atom stereocenters. The number of para-hydroxylation sites is 2. The molecule has 6 heteroatoms. The highest BCUT2D eigenvalue weighted by Crippen LogP contribution is 2.23. The van der Waals surface area contributed by atoms with Crippen LogP contribution in [0.15, 0.2) is 24.3 Å². The molecular formula is C15H21NO5. The highest BCUT2D eigenvalue weighted by molar-refractivity contribution is 5.92. The molecule has 116 valence electrons. The van der Waals surface area contributed by atoms with Crippen LogP contribution in [0.5, 0.6) is 5.75 Å². The topological polar surface area (TPSA) is 84.9 Å². The minimum Gasteiger partial charge on any atom is -0.489 e. The highest BCUT2D eigenvalue weighted by Gasteiger charge is 2.08. The maximum absolute atomic E-state index is 11.7. The number of carbonyl (C=O) groups is 2. The van der Waals surface area contributed by atoms with Crippen LogP contribution >= 0.6 is 0 Å². The van der Waals surface area contributed by atoms with Crippen molar-refractivity contribution in [1.29, 1.82) is 0 Å². The summed E-state index contributed by atoms with van der Waals surface area (Å²) in [5.74, 6) is -0.552. The summed E-state index contributed by atoms with van der Waals surface area (Å²) in [7, 11) is 0. The van der Waals surface area contributed by atoms with Gasteiger partial charge in [-0.05, 0) is 25.5 Å². The van der Waals surface area contributed by atoms with Crippen molar-refractivity contribution in [1.82, 2.24) is 0 Å². The van der Waals surface area contributed by atoms with Gasteiger partial charge in [0.05, 0.1) is 12.3 Å². The fraction of sp³-hybridized carbons (Fsp3) is 0.467. The number of aliphatic carboxylic acids is 1. The Morgan fingerprint density at radius 1 is 1.19 bits per heavy atom. The molecule has 0 aliphatic carbocycles. The quantitative estimate of drug-likeness (QED) is 0.647. The molecule has 0 spiro atoms. The molecule has 2 N–H and O–H groups in total. The normalized spacial score (nSPS) is 10.1. The van der Waals surface area contributed by atoms with E-state index in [4.69, 9.17) is 14.6 Å². The van der Waals surface area contributed by atoms with E-state index in [1.54, 1.807) is 18.2 Å². The van der Waals surface area contributed by atoms with E-state index in [0.29, 0.717) is 37.7 Å². The summed E-state index contributed by atoms with van der Waals surface area (Å²) in [5.41, 5.74) is 0.578. The number of nitrogens with one attached hydrogen (secondary N) is 1. The van der Waals surface area contributed by atoms with E-state index in [2.05, 4.69) is 5.32 Å². The molecule has 1 aromatic carbocycles. The molecule has 0 aliphatic rings. The van der Waals surface area contributed by atoms with Crippen LogP contribution in [-0.2, 0) is 14.3 Å². The number of carbonyl (C=O) groups excluding carboxylic acids is 1. The van der Waals surface area contributed by atoms with Crippen LogP contribution in [-0.4, -0.2) is 36.8 Å². The van der Waals surface area contributed by atoms with Gasteiger partial charge in [-0.2, -0.15) is 0 Å². The molecule has 1 aromatic rings. The van der Waals surface area contributed by atoms with Crippen LogP contribution < -0.4 is 10.1 Å². The zero-order chi connectivity index (χ0) is 15.5. The number of carboxylic acid groups (broad SMARTS) is 1. The van der Waals surface area contributed by atoms with Gasteiger partial charge < -0.3 is 19.9 Å². The van der Waals surface area contributed by atoms with Gasteiger partial charge in [0.2, 0.25) is 5.91 Å². The maximum atomic E-state index is 11.7.